The third kappa shape index (κ3) is 5.33. The molecule has 0 heterocycles. The Kier molecular flexibility index (Phi) is 6.65. The van der Waals surface area contributed by atoms with Crippen molar-refractivity contribution < 1.29 is 27.8 Å². The molecule has 0 aromatic heterocycles. The summed E-state index contributed by atoms with van der Waals surface area (Å²) < 4.78 is 46.4. The van der Waals surface area contributed by atoms with Crippen molar-refractivity contribution >= 4 is 17.7 Å². The molecule has 0 aliphatic rings. The molecule has 5 nitrogen and oxygen atoms in total. The predicted molar refractivity (Wildman–Crippen MR) is 98.3 cm³/mol. The summed E-state index contributed by atoms with van der Waals surface area (Å²) in [6.45, 7) is 4.51. The van der Waals surface area contributed by atoms with Crippen LogP contribution in [-0.4, -0.2) is 16.5 Å². The second kappa shape index (κ2) is 8.62. The van der Waals surface area contributed by atoms with Gasteiger partial charge in [0.05, 0.1) is 16.7 Å². The van der Waals surface area contributed by atoms with E-state index in [-0.39, 0.29) is 28.4 Å². The maximum atomic E-state index is 15.0. The van der Waals surface area contributed by atoms with Gasteiger partial charge in [-0.25, -0.2) is 13.2 Å². The van der Waals surface area contributed by atoms with Crippen molar-refractivity contribution in [2.24, 2.45) is 0 Å². The number of hydrogen-bond donors (Lipinski definition) is 0. The summed E-state index contributed by atoms with van der Waals surface area (Å²) in [7, 11) is 0. The Labute approximate surface area is 170 Å². The number of nitrogens with zero attached hydrogens (tertiary/aromatic N) is 2. The molecule has 1 amide bonds. The van der Waals surface area contributed by atoms with Crippen LogP contribution in [0.15, 0.2) is 30.3 Å². The van der Waals surface area contributed by atoms with E-state index in [0.717, 1.165) is 23.1 Å². The Morgan fingerprint density at radius 3 is 2.48 bits per heavy atom. The fourth-order valence-electron chi connectivity index (χ4n) is 2.52. The number of halogens is 4. The van der Waals surface area contributed by atoms with Crippen LogP contribution in [0.25, 0.3) is 0 Å². The van der Waals surface area contributed by atoms with Crippen molar-refractivity contribution in [2.45, 2.75) is 39.3 Å². The first-order valence-electron chi connectivity index (χ1n) is 8.40. The van der Waals surface area contributed by atoms with E-state index in [1.54, 1.807) is 26.8 Å². The molecule has 0 spiro atoms. The number of carboxylic acid groups (broad SMARTS) is 1. The van der Waals surface area contributed by atoms with Crippen LogP contribution < -0.4 is 9.84 Å². The number of hydrogen-bond acceptors (Lipinski definition) is 4. The summed E-state index contributed by atoms with van der Waals surface area (Å²) >= 11 is 6.00. The molecule has 0 saturated carbocycles. The van der Waals surface area contributed by atoms with Crippen molar-refractivity contribution in [3.05, 3.63) is 57.9 Å². The van der Waals surface area contributed by atoms with Crippen molar-refractivity contribution in [1.29, 1.82) is 5.26 Å². The molecule has 9 heteroatoms. The molecular weight excluding hydrogens is 409 g/mol. The fourth-order valence-corrected chi connectivity index (χ4v) is 2.71. The van der Waals surface area contributed by atoms with Crippen molar-refractivity contribution in [3.8, 4) is 17.6 Å². The largest absolute Gasteiger partial charge is 0.530 e. The molecule has 0 saturated heterocycles. The number of carbonyl (C=O) groups excluding carboxylic acids is 1. The van der Waals surface area contributed by atoms with Gasteiger partial charge in [-0.1, -0.05) is 17.7 Å². The highest BCUT2D eigenvalue weighted by molar-refractivity contribution is 6.32. The molecule has 2 rings (SSSR count). The average molecular weight is 426 g/mol. The Hall–Kier alpha value is -2.92. The first-order chi connectivity index (χ1) is 13.4. The van der Waals surface area contributed by atoms with Gasteiger partial charge in [0.1, 0.15) is 11.8 Å². The normalized spacial score (nSPS) is 11.3. The second-order valence-corrected chi connectivity index (χ2v) is 7.58. The minimum atomic E-state index is -2.86. The quantitative estimate of drug-likeness (QED) is 0.673. The van der Waals surface area contributed by atoms with Crippen LogP contribution >= 0.6 is 11.6 Å². The molecule has 154 valence electrons. The lowest BCUT2D eigenvalue weighted by atomic mass is 10.0. The molecule has 0 unspecified atom stereocenters. The van der Waals surface area contributed by atoms with Gasteiger partial charge < -0.3 is 19.5 Å². The molecule has 0 fully saturated rings. The zero-order chi connectivity index (χ0) is 21.9. The lowest BCUT2D eigenvalue weighted by Gasteiger charge is -2.38. The van der Waals surface area contributed by atoms with Gasteiger partial charge in [0.25, 0.3) is 6.43 Å². The Morgan fingerprint density at radius 2 is 1.97 bits per heavy atom. The SMILES string of the molecule is CC(C)(C)N(Cc1ccc(Cl)c(Oc2cc(C#N)cc(C(F)F)c2)c1F)C(=O)[O-]. The van der Waals surface area contributed by atoms with Crippen LogP contribution in [0, 0.1) is 17.1 Å². The maximum absolute atomic E-state index is 15.0. The molecular formula is C20H17ClF3N2O3-. The highest BCUT2D eigenvalue weighted by atomic mass is 35.5. The minimum Gasteiger partial charge on any atom is -0.530 e. The molecule has 2 aromatic carbocycles. The summed E-state index contributed by atoms with van der Waals surface area (Å²) in [4.78, 5) is 12.3. The zero-order valence-electron chi connectivity index (χ0n) is 15.8. The van der Waals surface area contributed by atoms with Crippen LogP contribution in [0.1, 0.15) is 43.9 Å². The number of ether oxygens (including phenoxy) is 1. The van der Waals surface area contributed by atoms with E-state index >= 15 is 4.39 Å². The van der Waals surface area contributed by atoms with Gasteiger partial charge in [0.15, 0.2) is 11.6 Å². The molecule has 0 radical (unpaired) electrons. The number of carbonyl (C=O) groups is 1. The molecule has 0 aliphatic heterocycles. The van der Waals surface area contributed by atoms with E-state index in [9.17, 15) is 18.7 Å². The highest BCUT2D eigenvalue weighted by Crippen LogP contribution is 2.36. The first kappa shape index (κ1) is 22.4. The molecule has 0 N–H and O–H groups in total. The van der Waals surface area contributed by atoms with Gasteiger partial charge in [-0.2, -0.15) is 5.26 Å². The summed E-state index contributed by atoms with van der Waals surface area (Å²) in [5, 5.41) is 20.3. The van der Waals surface area contributed by atoms with Crippen LogP contribution in [-0.2, 0) is 6.54 Å². The van der Waals surface area contributed by atoms with E-state index < -0.39 is 35.2 Å². The summed E-state index contributed by atoms with van der Waals surface area (Å²) in [6, 6.07) is 7.44. The van der Waals surface area contributed by atoms with E-state index in [1.165, 1.54) is 12.1 Å². The van der Waals surface area contributed by atoms with Gasteiger partial charge >= 0.3 is 0 Å². The third-order valence-electron chi connectivity index (χ3n) is 4.02. The van der Waals surface area contributed by atoms with Gasteiger partial charge in [0, 0.05) is 23.2 Å². The summed E-state index contributed by atoms with van der Waals surface area (Å²) in [5.74, 6) is -1.62. The van der Waals surface area contributed by atoms with Crippen LogP contribution in [0.5, 0.6) is 11.5 Å². The topological polar surface area (TPSA) is 76.4 Å². The first-order valence-corrected chi connectivity index (χ1v) is 8.78. The zero-order valence-corrected chi connectivity index (χ0v) is 16.6. The smallest absolute Gasteiger partial charge is 0.264 e. The van der Waals surface area contributed by atoms with Crippen molar-refractivity contribution in [2.75, 3.05) is 0 Å². The van der Waals surface area contributed by atoms with Crippen LogP contribution in [0.4, 0.5) is 18.0 Å². The van der Waals surface area contributed by atoms with Crippen LogP contribution in [0.3, 0.4) is 0 Å². The number of benzene rings is 2. The average Bonchev–Trinajstić information content (AvgIpc) is 2.62. The number of nitriles is 1. The van der Waals surface area contributed by atoms with Crippen molar-refractivity contribution in [3.63, 3.8) is 0 Å². The highest BCUT2D eigenvalue weighted by Gasteiger charge is 2.24. The fraction of sp³-hybridized carbons (Fsp3) is 0.300. The number of rotatable bonds is 5. The molecule has 2 aromatic rings. The van der Waals surface area contributed by atoms with E-state index in [0.29, 0.717) is 0 Å². The summed E-state index contributed by atoms with van der Waals surface area (Å²) in [5.41, 5.74) is -1.47. The second-order valence-electron chi connectivity index (χ2n) is 7.18. The summed E-state index contributed by atoms with van der Waals surface area (Å²) in [6.07, 6.45) is -4.35. The van der Waals surface area contributed by atoms with Crippen molar-refractivity contribution in [1.82, 2.24) is 4.90 Å². The van der Waals surface area contributed by atoms with Gasteiger partial charge in [0.2, 0.25) is 0 Å². The standard InChI is InChI=1S/C20H18ClF3N2O3/c1-20(2,3)26(19(27)28)10-12-4-5-15(21)17(16(12)22)29-14-7-11(9-25)6-13(8-14)18(23)24/h4-8,18H,10H2,1-3H3,(H,27,28)/p-1. The monoisotopic (exact) mass is 425 g/mol. The Balaban J connectivity index is 2.46. The maximum Gasteiger partial charge on any atom is 0.264 e. The minimum absolute atomic E-state index is 0.0472. The van der Waals surface area contributed by atoms with Crippen LogP contribution in [0.2, 0.25) is 5.02 Å². The third-order valence-corrected chi connectivity index (χ3v) is 4.32. The lowest BCUT2D eigenvalue weighted by molar-refractivity contribution is -0.271. The van der Waals surface area contributed by atoms with E-state index in [1.807, 2.05) is 0 Å². The predicted octanol–water partition coefficient (Wildman–Crippen LogP) is 5.02. The molecule has 0 atom stereocenters. The Bertz CT molecular complexity index is 969. The van der Waals surface area contributed by atoms with Gasteiger partial charge in [-0.15, -0.1) is 0 Å². The number of amides is 1. The molecule has 29 heavy (non-hydrogen) atoms. The molecule has 0 aliphatic carbocycles. The van der Waals surface area contributed by atoms with E-state index in [2.05, 4.69) is 0 Å². The molecule has 0 bridgehead atoms. The van der Waals surface area contributed by atoms with Gasteiger partial charge in [-0.05, 0) is 45.0 Å². The Morgan fingerprint density at radius 1 is 1.31 bits per heavy atom. The lowest BCUT2D eigenvalue weighted by Crippen LogP contribution is -2.51. The number of alkyl halides is 2. The van der Waals surface area contributed by atoms with Gasteiger partial charge in [-0.3, -0.25) is 0 Å². The van der Waals surface area contributed by atoms with E-state index in [4.69, 9.17) is 21.6 Å².